The molecule has 2 aliphatic rings. The summed E-state index contributed by atoms with van der Waals surface area (Å²) >= 11 is 0. The molecule has 0 bridgehead atoms. The molecule has 1 atom stereocenters. The summed E-state index contributed by atoms with van der Waals surface area (Å²) < 4.78 is 0. The Morgan fingerprint density at radius 2 is 2.56 bits per heavy atom. The Kier molecular flexibility index (Phi) is 0.704. The van der Waals surface area contributed by atoms with E-state index in [1.165, 1.54) is 0 Å². The summed E-state index contributed by atoms with van der Waals surface area (Å²) in [6.07, 6.45) is 5.62. The second-order valence-corrected chi connectivity index (χ2v) is 2.09. The van der Waals surface area contributed by atoms with Crippen LogP contribution in [0.1, 0.15) is 0 Å². The predicted molar refractivity (Wildman–Crippen MR) is 35.8 cm³/mol. The fourth-order valence-corrected chi connectivity index (χ4v) is 1.02. The standard InChI is InChI=1S/C6H7N3/c7-5-3-9-6-4(5)1-2-8-6/h1-3,6,8H,7H2. The molecular weight excluding hydrogens is 114 g/mol. The lowest BCUT2D eigenvalue weighted by Gasteiger charge is -2.00. The van der Waals surface area contributed by atoms with Crippen LogP contribution in [0, 0.1) is 0 Å². The Hall–Kier alpha value is -1.25. The van der Waals surface area contributed by atoms with Crippen molar-refractivity contribution in [3.63, 3.8) is 0 Å². The van der Waals surface area contributed by atoms with Crippen LogP contribution in [-0.4, -0.2) is 12.4 Å². The van der Waals surface area contributed by atoms with E-state index >= 15 is 0 Å². The molecule has 0 amide bonds. The summed E-state index contributed by atoms with van der Waals surface area (Å²) in [5, 5.41) is 3.03. The minimum atomic E-state index is 0.116. The first-order valence-corrected chi connectivity index (χ1v) is 2.83. The van der Waals surface area contributed by atoms with Crippen molar-refractivity contribution in [3.05, 3.63) is 23.5 Å². The Balaban J connectivity index is 2.46. The molecule has 0 saturated carbocycles. The zero-order chi connectivity index (χ0) is 6.27. The first-order chi connectivity index (χ1) is 4.38. The molecular formula is C6H7N3. The highest BCUT2D eigenvalue weighted by Crippen LogP contribution is 2.17. The number of aliphatic imine (C=N–C) groups is 1. The number of rotatable bonds is 0. The highest BCUT2D eigenvalue weighted by Gasteiger charge is 2.19. The van der Waals surface area contributed by atoms with Gasteiger partial charge in [0, 0.05) is 11.8 Å². The molecule has 0 radical (unpaired) electrons. The summed E-state index contributed by atoms with van der Waals surface area (Å²) in [4.78, 5) is 4.08. The molecule has 1 unspecified atom stereocenters. The average Bonchev–Trinajstić information content (AvgIpc) is 2.35. The summed E-state index contributed by atoms with van der Waals surface area (Å²) in [5.74, 6) is 0. The molecule has 2 heterocycles. The van der Waals surface area contributed by atoms with Gasteiger partial charge in [-0.3, -0.25) is 4.99 Å². The fraction of sp³-hybridized carbons (Fsp3) is 0.167. The number of hydrogen-bond donors (Lipinski definition) is 2. The molecule has 0 aromatic rings. The lowest BCUT2D eigenvalue weighted by atomic mass is 10.2. The molecule has 0 aliphatic carbocycles. The Morgan fingerprint density at radius 3 is 3.33 bits per heavy atom. The summed E-state index contributed by atoms with van der Waals surface area (Å²) in [5.41, 5.74) is 7.43. The molecule has 3 N–H and O–H groups in total. The Morgan fingerprint density at radius 1 is 1.67 bits per heavy atom. The van der Waals surface area contributed by atoms with Crippen molar-refractivity contribution in [1.29, 1.82) is 0 Å². The van der Waals surface area contributed by atoms with Gasteiger partial charge in [-0.2, -0.15) is 0 Å². The van der Waals surface area contributed by atoms with Crippen molar-refractivity contribution < 1.29 is 0 Å². The van der Waals surface area contributed by atoms with Crippen molar-refractivity contribution in [3.8, 4) is 0 Å². The number of nitrogens with one attached hydrogen (secondary N) is 1. The third-order valence-electron chi connectivity index (χ3n) is 1.51. The van der Waals surface area contributed by atoms with Crippen LogP contribution in [0.3, 0.4) is 0 Å². The second kappa shape index (κ2) is 1.37. The van der Waals surface area contributed by atoms with Crippen LogP contribution in [0.25, 0.3) is 0 Å². The van der Waals surface area contributed by atoms with Crippen molar-refractivity contribution in [2.75, 3.05) is 0 Å². The normalized spacial score (nSPS) is 29.1. The van der Waals surface area contributed by atoms with Crippen LogP contribution in [0.2, 0.25) is 0 Å². The third-order valence-corrected chi connectivity index (χ3v) is 1.51. The van der Waals surface area contributed by atoms with Gasteiger partial charge in [0.2, 0.25) is 0 Å². The van der Waals surface area contributed by atoms with Gasteiger partial charge in [0.05, 0.1) is 5.70 Å². The third kappa shape index (κ3) is 0.483. The monoisotopic (exact) mass is 121 g/mol. The number of fused-ring (bicyclic) bond motifs is 1. The topological polar surface area (TPSA) is 50.4 Å². The zero-order valence-electron chi connectivity index (χ0n) is 4.83. The van der Waals surface area contributed by atoms with E-state index < -0.39 is 0 Å². The fourth-order valence-electron chi connectivity index (χ4n) is 1.02. The molecule has 9 heavy (non-hydrogen) atoms. The van der Waals surface area contributed by atoms with Gasteiger partial charge < -0.3 is 11.1 Å². The molecule has 0 aromatic carbocycles. The van der Waals surface area contributed by atoms with Gasteiger partial charge in [-0.15, -0.1) is 0 Å². The Labute approximate surface area is 53.0 Å². The maximum absolute atomic E-state index is 5.56. The molecule has 3 heteroatoms. The van der Waals surface area contributed by atoms with Gasteiger partial charge in [-0.05, 0) is 12.3 Å². The van der Waals surface area contributed by atoms with Crippen LogP contribution in [0.4, 0.5) is 0 Å². The molecule has 0 saturated heterocycles. The van der Waals surface area contributed by atoms with Crippen molar-refractivity contribution >= 4 is 6.21 Å². The largest absolute Gasteiger partial charge is 0.397 e. The van der Waals surface area contributed by atoms with Crippen molar-refractivity contribution in [1.82, 2.24) is 5.32 Å². The van der Waals surface area contributed by atoms with Crippen LogP contribution < -0.4 is 11.1 Å². The molecule has 0 fully saturated rings. The SMILES string of the molecule is NC1=C2C=CNC2N=C1. The minimum Gasteiger partial charge on any atom is -0.397 e. The molecule has 46 valence electrons. The van der Waals surface area contributed by atoms with Gasteiger partial charge >= 0.3 is 0 Å². The van der Waals surface area contributed by atoms with E-state index in [0.717, 1.165) is 11.3 Å². The highest BCUT2D eigenvalue weighted by atomic mass is 15.1. The molecule has 0 spiro atoms. The first-order valence-electron chi connectivity index (χ1n) is 2.83. The van der Waals surface area contributed by atoms with Crippen LogP contribution in [0.5, 0.6) is 0 Å². The number of nitrogens with zero attached hydrogens (tertiary/aromatic N) is 1. The van der Waals surface area contributed by atoms with Gasteiger partial charge in [-0.1, -0.05) is 0 Å². The lowest BCUT2D eigenvalue weighted by Crippen LogP contribution is -2.16. The summed E-state index contributed by atoms with van der Waals surface area (Å²) in [6.45, 7) is 0. The highest BCUT2D eigenvalue weighted by molar-refractivity contribution is 5.83. The second-order valence-electron chi connectivity index (χ2n) is 2.09. The minimum absolute atomic E-state index is 0.116. The van der Waals surface area contributed by atoms with Gasteiger partial charge in [-0.25, -0.2) is 0 Å². The number of allylic oxidation sites excluding steroid dienone is 1. The average molecular weight is 121 g/mol. The van der Waals surface area contributed by atoms with Crippen molar-refractivity contribution in [2.24, 2.45) is 10.7 Å². The van der Waals surface area contributed by atoms with E-state index in [1.54, 1.807) is 6.21 Å². The quantitative estimate of drug-likeness (QED) is 0.463. The van der Waals surface area contributed by atoms with E-state index in [-0.39, 0.29) is 6.17 Å². The first kappa shape index (κ1) is 4.61. The summed E-state index contributed by atoms with van der Waals surface area (Å²) in [6, 6.07) is 0. The molecule has 3 nitrogen and oxygen atoms in total. The smallest absolute Gasteiger partial charge is 0.146 e. The van der Waals surface area contributed by atoms with E-state index in [1.807, 2.05) is 12.3 Å². The lowest BCUT2D eigenvalue weighted by molar-refractivity contribution is 0.756. The van der Waals surface area contributed by atoms with Gasteiger partial charge in [0.15, 0.2) is 0 Å². The van der Waals surface area contributed by atoms with Gasteiger partial charge in [0.1, 0.15) is 6.17 Å². The van der Waals surface area contributed by atoms with E-state index in [2.05, 4.69) is 10.3 Å². The molecule has 2 aliphatic heterocycles. The van der Waals surface area contributed by atoms with Gasteiger partial charge in [0.25, 0.3) is 0 Å². The van der Waals surface area contributed by atoms with E-state index in [0.29, 0.717) is 0 Å². The molecule has 2 rings (SSSR count). The van der Waals surface area contributed by atoms with Crippen LogP contribution in [0.15, 0.2) is 28.5 Å². The van der Waals surface area contributed by atoms with Crippen LogP contribution in [-0.2, 0) is 0 Å². The van der Waals surface area contributed by atoms with Crippen molar-refractivity contribution in [2.45, 2.75) is 6.17 Å². The number of nitrogens with two attached hydrogens (primary N) is 1. The zero-order valence-corrected chi connectivity index (χ0v) is 4.83. The Bertz CT molecular complexity index is 224. The maximum atomic E-state index is 5.56. The maximum Gasteiger partial charge on any atom is 0.146 e. The summed E-state index contributed by atoms with van der Waals surface area (Å²) in [7, 11) is 0. The van der Waals surface area contributed by atoms with Crippen LogP contribution >= 0.6 is 0 Å². The number of hydrogen-bond acceptors (Lipinski definition) is 3. The molecule has 0 aromatic heterocycles. The van der Waals surface area contributed by atoms with E-state index in [9.17, 15) is 0 Å². The van der Waals surface area contributed by atoms with E-state index in [4.69, 9.17) is 5.73 Å². The predicted octanol–water partition coefficient (Wildman–Crippen LogP) is -0.273.